The van der Waals surface area contributed by atoms with Gasteiger partial charge >= 0.3 is 30.4 Å². The third kappa shape index (κ3) is 10.9. The third-order valence-electron chi connectivity index (χ3n) is 15.7. The number of carbonyl (C=O) groups is 8. The molecular weight excluding hydrogens is 1060 g/mol. The maximum absolute atomic E-state index is 15.1. The largest absolute Gasteiger partial charge is 0.471 e. The molecule has 1 aliphatic carbocycles. The summed E-state index contributed by atoms with van der Waals surface area (Å²) in [6.45, 7) is 6.25. The van der Waals surface area contributed by atoms with Crippen LogP contribution in [0.25, 0.3) is 27.4 Å². The summed E-state index contributed by atoms with van der Waals surface area (Å²) in [5.41, 5.74) is 6.41. The fourth-order valence-electron chi connectivity index (χ4n) is 11.9. The zero-order valence-corrected chi connectivity index (χ0v) is 46.2. The minimum atomic E-state index is -4.95. The molecule has 23 heteroatoms. The summed E-state index contributed by atoms with van der Waals surface area (Å²) in [6, 6.07) is 11.8. The lowest BCUT2D eigenvalue weighted by Crippen LogP contribution is -2.38. The quantitative estimate of drug-likeness (QED) is 0.0643. The van der Waals surface area contributed by atoms with Gasteiger partial charge in [0.15, 0.2) is 0 Å². The molecule has 3 aliphatic heterocycles. The number of anilines is 2. The Labute approximate surface area is 465 Å². The Kier molecular flexibility index (Phi) is 17.1. The number of aliphatic hydroxyl groups is 1. The van der Waals surface area contributed by atoms with Crippen LogP contribution in [0.4, 0.5) is 38.9 Å². The number of alkyl halides is 3. The number of fused-ring (bicyclic) bond motifs is 8. The van der Waals surface area contributed by atoms with Crippen LogP contribution in [0.5, 0.6) is 0 Å². The monoisotopic (exact) mass is 1120 g/mol. The van der Waals surface area contributed by atoms with Gasteiger partial charge in [-0.1, -0.05) is 19.3 Å². The van der Waals surface area contributed by atoms with Gasteiger partial charge in [0.25, 0.3) is 17.7 Å². The van der Waals surface area contributed by atoms with Gasteiger partial charge in [0.1, 0.15) is 17.1 Å². The van der Waals surface area contributed by atoms with E-state index in [1.54, 1.807) is 85.0 Å². The fourth-order valence-corrected chi connectivity index (χ4v) is 11.9. The first-order chi connectivity index (χ1) is 38.9. The maximum atomic E-state index is 15.1. The van der Waals surface area contributed by atoms with Crippen LogP contribution >= 0.6 is 0 Å². The molecule has 6 heterocycles. The van der Waals surface area contributed by atoms with Crippen LogP contribution in [-0.2, 0) is 43.1 Å². The van der Waals surface area contributed by atoms with Crippen molar-refractivity contribution in [3.63, 3.8) is 0 Å². The summed E-state index contributed by atoms with van der Waals surface area (Å²) in [5, 5.41) is 10.4. The van der Waals surface area contributed by atoms with E-state index in [9.17, 15) is 51.8 Å². The van der Waals surface area contributed by atoms with E-state index in [1.165, 1.54) is 18.6 Å². The van der Waals surface area contributed by atoms with Gasteiger partial charge in [-0.15, -0.1) is 0 Å². The number of allylic oxidation sites excluding steroid dienone is 1. The van der Waals surface area contributed by atoms with E-state index in [2.05, 4.69) is 0 Å². The Hall–Kier alpha value is -7.95. The minimum absolute atomic E-state index is 0.0248. The second-order valence-corrected chi connectivity index (χ2v) is 20.6. The second-order valence-electron chi connectivity index (χ2n) is 20.6. The molecule has 0 spiro atoms. The number of rotatable bonds is 18. The van der Waals surface area contributed by atoms with E-state index in [0.717, 1.165) is 30.3 Å². The highest BCUT2D eigenvalue weighted by atomic mass is 19.4. The first-order valence-corrected chi connectivity index (χ1v) is 27.8. The van der Waals surface area contributed by atoms with Crippen LogP contribution in [0, 0.1) is 0 Å². The number of benzene rings is 2. The van der Waals surface area contributed by atoms with Crippen LogP contribution in [0.3, 0.4) is 0 Å². The molecule has 5 amide bonds. The summed E-state index contributed by atoms with van der Waals surface area (Å²) in [4.78, 5) is 117. The van der Waals surface area contributed by atoms with Gasteiger partial charge < -0.3 is 43.8 Å². The minimum Gasteiger partial charge on any atom is -0.449 e. The number of halogens is 3. The molecule has 3 aromatic heterocycles. The number of nitrogens with zero attached hydrogens (tertiary/aromatic N) is 8. The van der Waals surface area contributed by atoms with Gasteiger partial charge in [-0.2, -0.15) is 13.2 Å². The van der Waals surface area contributed by atoms with Gasteiger partial charge in [-0.25, -0.2) is 28.1 Å². The molecule has 0 radical (unpaired) electrons. The molecule has 0 unspecified atom stereocenters. The highest BCUT2D eigenvalue weighted by Crippen LogP contribution is 2.45. The van der Waals surface area contributed by atoms with Crippen molar-refractivity contribution in [2.45, 2.75) is 110 Å². The molecule has 0 saturated heterocycles. The molecule has 432 valence electrons. The topological polar surface area (TPSA) is 215 Å². The predicted octanol–water partition coefficient (Wildman–Crippen LogP) is 8.91. The maximum Gasteiger partial charge on any atom is 0.471 e. The molecule has 5 aromatic rings. The smallest absolute Gasteiger partial charge is 0.449 e. The van der Waals surface area contributed by atoms with Crippen LogP contribution in [0.15, 0.2) is 48.2 Å². The Bertz CT molecular complexity index is 3390. The van der Waals surface area contributed by atoms with Gasteiger partial charge in [-0.05, 0) is 138 Å². The molecule has 0 saturated carbocycles. The van der Waals surface area contributed by atoms with Crippen LogP contribution in [-0.4, -0.2) is 161 Å². The number of ether oxygens (including phenoxy) is 3. The van der Waals surface area contributed by atoms with Crippen molar-refractivity contribution in [3.8, 4) is 0 Å². The Balaban J connectivity index is 0.981. The molecule has 20 nitrogen and oxygen atoms in total. The number of carbonyl (C=O) groups excluding carboxylic acids is 8. The number of unbranched alkanes of at least 4 members (excludes halogenated alkanes) is 5. The van der Waals surface area contributed by atoms with E-state index in [4.69, 9.17) is 14.2 Å². The lowest BCUT2D eigenvalue weighted by molar-refractivity contribution is -0.184. The third-order valence-corrected chi connectivity index (χ3v) is 15.7. The summed E-state index contributed by atoms with van der Waals surface area (Å²) in [5.74, 6) is -3.37. The summed E-state index contributed by atoms with van der Waals surface area (Å²) in [7, 11) is 2.68. The lowest BCUT2D eigenvalue weighted by Gasteiger charge is -2.24. The van der Waals surface area contributed by atoms with Crippen molar-refractivity contribution in [2.75, 3.05) is 83.0 Å². The Morgan fingerprint density at radius 2 is 1.07 bits per heavy atom. The molecule has 81 heavy (non-hydrogen) atoms. The van der Waals surface area contributed by atoms with Gasteiger partial charge in [-0.3, -0.25) is 24.0 Å². The number of amides is 5. The highest BCUT2D eigenvalue weighted by Gasteiger charge is 2.42. The molecular formula is C58H67F3N8O12. The average molecular weight is 1130 g/mol. The summed E-state index contributed by atoms with van der Waals surface area (Å²) < 4.78 is 58.7. The Morgan fingerprint density at radius 1 is 0.568 bits per heavy atom. The van der Waals surface area contributed by atoms with E-state index < -0.39 is 48.1 Å². The van der Waals surface area contributed by atoms with Crippen molar-refractivity contribution in [3.05, 3.63) is 87.6 Å². The molecule has 9 rings (SSSR count). The SMILES string of the molecule is CCOC(=O)n1c(C(=O)N2CCc3c2ccc2c3cc(C(=O)N(C)CCCCCCN(C)C(=O)C(F)(F)F)n2C(=O)OCC)cc2c1CCC1=C2CCN1C(=O)c1cc2c3c(ccc2n1C(=O)OCC)N(C(=O)CCCCCO)CC3. The van der Waals surface area contributed by atoms with E-state index >= 15 is 4.79 Å². The van der Waals surface area contributed by atoms with Crippen LogP contribution in [0.1, 0.15) is 139 Å². The molecule has 1 N–H and O–H groups in total. The lowest BCUT2D eigenvalue weighted by atomic mass is 9.93. The normalized spacial score (nSPS) is 14.6. The van der Waals surface area contributed by atoms with Crippen molar-refractivity contribution >= 4 is 86.6 Å². The van der Waals surface area contributed by atoms with Crippen LogP contribution < -0.4 is 9.80 Å². The molecule has 2 aromatic carbocycles. The summed E-state index contributed by atoms with van der Waals surface area (Å²) in [6.07, 6.45) is -1.12. The van der Waals surface area contributed by atoms with E-state index in [0.29, 0.717) is 132 Å². The molecule has 0 atom stereocenters. The zero-order valence-electron chi connectivity index (χ0n) is 46.2. The van der Waals surface area contributed by atoms with Crippen molar-refractivity contribution < 1.29 is 70.8 Å². The van der Waals surface area contributed by atoms with Gasteiger partial charge in [0.2, 0.25) is 5.91 Å². The molecule has 0 bridgehead atoms. The number of hydrogen-bond acceptors (Lipinski definition) is 12. The Morgan fingerprint density at radius 3 is 1.67 bits per heavy atom. The second kappa shape index (κ2) is 24.0. The molecule has 4 aliphatic rings. The standard InChI is InChI=1S/C58H67F3N8O12/c1-6-79-55(76)67-44-21-18-42-36(38(44)32-47(67)51(72)62(4)26-13-9-10-14-27-63(5)54(75)58(59,60)61)24-29-65(42)53(74)49-34-40-37-25-30-66(43(37)19-22-46(40)69(49)57(78)81-8-3)52(73)48-33-39-35-23-28-64(50(71)16-12-11-15-31-70)41(35)17-20-45(39)68(48)56(77)80-7-2/h17-18,20-21,32-34,70H,6-16,19,22-31H2,1-5H3. The number of aliphatic hydroxyl groups excluding tert-OH is 1. The van der Waals surface area contributed by atoms with Gasteiger partial charge in [0, 0.05) is 98.9 Å². The van der Waals surface area contributed by atoms with E-state index in [-0.39, 0.29) is 82.0 Å². The number of aromatic nitrogens is 3. The number of hydrogen-bond donors (Lipinski definition) is 1. The van der Waals surface area contributed by atoms with Gasteiger partial charge in [0.05, 0.1) is 30.9 Å². The first kappa shape index (κ1) is 57.7. The fraction of sp³-hybridized carbons (Fsp3) is 0.483. The van der Waals surface area contributed by atoms with E-state index in [1.807, 2.05) is 0 Å². The van der Waals surface area contributed by atoms with Crippen LogP contribution in [0.2, 0.25) is 0 Å². The average Bonchev–Trinajstić information content (AvgIpc) is 3.91. The van der Waals surface area contributed by atoms with Crippen molar-refractivity contribution in [2.24, 2.45) is 0 Å². The summed E-state index contributed by atoms with van der Waals surface area (Å²) >= 11 is 0. The first-order valence-electron chi connectivity index (χ1n) is 27.8. The zero-order chi connectivity index (χ0) is 58.0. The van der Waals surface area contributed by atoms with Crippen molar-refractivity contribution in [1.29, 1.82) is 0 Å². The highest BCUT2D eigenvalue weighted by molar-refractivity contribution is 6.13. The molecule has 0 fully saturated rings. The van der Waals surface area contributed by atoms with Crippen molar-refractivity contribution in [1.82, 2.24) is 28.4 Å². The predicted molar refractivity (Wildman–Crippen MR) is 293 cm³/mol.